The number of benzene rings is 1. The molecule has 1 aromatic rings. The molecule has 1 atom stereocenters. The number of methoxy groups -OCH3 is 1. The molecule has 0 aliphatic carbocycles. The Morgan fingerprint density at radius 3 is 2.43 bits per heavy atom. The number of nitrogens with two attached hydrogens (primary N) is 1. The van der Waals surface area contributed by atoms with Gasteiger partial charge in [0.25, 0.3) is 0 Å². The molecule has 21 heavy (non-hydrogen) atoms. The fourth-order valence-electron chi connectivity index (χ4n) is 1.83. The highest BCUT2D eigenvalue weighted by atomic mass is 35.5. The summed E-state index contributed by atoms with van der Waals surface area (Å²) in [7, 11) is 1.68. The minimum Gasteiger partial charge on any atom is -0.385 e. The van der Waals surface area contributed by atoms with E-state index in [2.05, 4.69) is 19.2 Å². The Balaban J connectivity index is 0.00000400. The molecule has 0 saturated carbocycles. The first-order chi connectivity index (χ1) is 9.35. The molecule has 1 aromatic carbocycles. The van der Waals surface area contributed by atoms with Crippen LogP contribution >= 0.6 is 12.4 Å². The van der Waals surface area contributed by atoms with Crippen LogP contribution in [-0.2, 0) is 9.53 Å². The lowest BCUT2D eigenvalue weighted by Crippen LogP contribution is -2.39. The molecular weight excluding hydrogens is 288 g/mol. The molecule has 3 N–H and O–H groups in total. The van der Waals surface area contributed by atoms with E-state index in [1.54, 1.807) is 7.11 Å². The van der Waals surface area contributed by atoms with Crippen molar-refractivity contribution in [1.29, 1.82) is 0 Å². The molecule has 0 saturated heterocycles. The topological polar surface area (TPSA) is 64.3 Å². The SMILES string of the molecule is COCCC(C)(C)CNC(=O)C(N)c1ccc(C)cc1.Cl. The highest BCUT2D eigenvalue weighted by Gasteiger charge is 2.21. The summed E-state index contributed by atoms with van der Waals surface area (Å²) in [6, 6.07) is 7.11. The molecule has 0 heterocycles. The zero-order valence-electron chi connectivity index (χ0n) is 13.3. The standard InChI is InChI=1S/C16H26N2O2.ClH/c1-12-5-7-13(8-6-12)14(17)15(19)18-11-16(2,3)9-10-20-4;/h5-8,14H,9-11,17H2,1-4H3,(H,18,19);1H. The van der Waals surface area contributed by atoms with Gasteiger partial charge in [-0.25, -0.2) is 0 Å². The Morgan fingerprint density at radius 1 is 1.33 bits per heavy atom. The van der Waals surface area contributed by atoms with Gasteiger partial charge in [-0.15, -0.1) is 12.4 Å². The highest BCUT2D eigenvalue weighted by Crippen LogP contribution is 2.19. The average molecular weight is 315 g/mol. The second kappa shape index (κ2) is 9.03. The fourth-order valence-corrected chi connectivity index (χ4v) is 1.83. The van der Waals surface area contributed by atoms with Crippen molar-refractivity contribution in [3.05, 3.63) is 35.4 Å². The van der Waals surface area contributed by atoms with E-state index in [9.17, 15) is 4.79 Å². The van der Waals surface area contributed by atoms with E-state index < -0.39 is 6.04 Å². The summed E-state index contributed by atoms with van der Waals surface area (Å²) in [4.78, 5) is 12.1. The summed E-state index contributed by atoms with van der Waals surface area (Å²) in [5.41, 5.74) is 7.97. The van der Waals surface area contributed by atoms with Crippen LogP contribution in [-0.4, -0.2) is 26.2 Å². The van der Waals surface area contributed by atoms with Gasteiger partial charge in [0, 0.05) is 20.3 Å². The van der Waals surface area contributed by atoms with Crippen LogP contribution in [0.5, 0.6) is 0 Å². The van der Waals surface area contributed by atoms with Crippen molar-refractivity contribution in [3.8, 4) is 0 Å². The molecule has 4 nitrogen and oxygen atoms in total. The van der Waals surface area contributed by atoms with Crippen LogP contribution in [0, 0.1) is 12.3 Å². The van der Waals surface area contributed by atoms with Gasteiger partial charge >= 0.3 is 0 Å². The average Bonchev–Trinajstić information content (AvgIpc) is 2.43. The molecule has 1 rings (SSSR count). The van der Waals surface area contributed by atoms with Crippen molar-refractivity contribution in [1.82, 2.24) is 5.32 Å². The largest absolute Gasteiger partial charge is 0.385 e. The number of amides is 1. The summed E-state index contributed by atoms with van der Waals surface area (Å²) >= 11 is 0. The van der Waals surface area contributed by atoms with Crippen molar-refractivity contribution in [3.63, 3.8) is 0 Å². The maximum Gasteiger partial charge on any atom is 0.241 e. The van der Waals surface area contributed by atoms with Gasteiger partial charge in [-0.3, -0.25) is 4.79 Å². The van der Waals surface area contributed by atoms with Gasteiger partial charge in [0.2, 0.25) is 5.91 Å². The molecule has 0 aliphatic heterocycles. The molecule has 0 spiro atoms. The van der Waals surface area contributed by atoms with Crippen molar-refractivity contribution in [2.45, 2.75) is 33.2 Å². The van der Waals surface area contributed by atoms with Gasteiger partial charge in [-0.2, -0.15) is 0 Å². The summed E-state index contributed by atoms with van der Waals surface area (Å²) in [6.07, 6.45) is 0.892. The predicted octanol–water partition coefficient (Wildman–Crippen LogP) is 2.60. The molecule has 0 fully saturated rings. The molecule has 120 valence electrons. The third-order valence-corrected chi connectivity index (χ3v) is 3.44. The molecule has 5 heteroatoms. The second-order valence-corrected chi connectivity index (χ2v) is 6.01. The molecular formula is C16H27ClN2O2. The van der Waals surface area contributed by atoms with Crippen molar-refractivity contribution in [2.24, 2.45) is 11.1 Å². The van der Waals surface area contributed by atoms with E-state index >= 15 is 0 Å². The number of rotatable bonds is 7. The summed E-state index contributed by atoms with van der Waals surface area (Å²) in [6.45, 7) is 7.49. The maximum atomic E-state index is 12.1. The molecule has 0 aromatic heterocycles. The Labute approximate surface area is 133 Å². The zero-order valence-corrected chi connectivity index (χ0v) is 14.1. The zero-order chi connectivity index (χ0) is 15.2. The summed E-state index contributed by atoms with van der Waals surface area (Å²) in [5.74, 6) is -0.139. The smallest absolute Gasteiger partial charge is 0.241 e. The Morgan fingerprint density at radius 2 is 1.90 bits per heavy atom. The van der Waals surface area contributed by atoms with Crippen LogP contribution in [0.15, 0.2) is 24.3 Å². The molecule has 0 bridgehead atoms. The number of ether oxygens (including phenoxy) is 1. The lowest BCUT2D eigenvalue weighted by Gasteiger charge is -2.25. The monoisotopic (exact) mass is 314 g/mol. The van der Waals surface area contributed by atoms with Crippen LogP contribution in [0.1, 0.15) is 37.4 Å². The second-order valence-electron chi connectivity index (χ2n) is 6.01. The first-order valence-corrected chi connectivity index (χ1v) is 6.94. The predicted molar refractivity (Wildman–Crippen MR) is 88.6 cm³/mol. The minimum atomic E-state index is -0.617. The number of carbonyl (C=O) groups is 1. The van der Waals surface area contributed by atoms with Crippen LogP contribution in [0.3, 0.4) is 0 Å². The summed E-state index contributed by atoms with van der Waals surface area (Å²) in [5, 5.41) is 2.93. The van der Waals surface area contributed by atoms with Crippen LogP contribution in [0.2, 0.25) is 0 Å². The van der Waals surface area contributed by atoms with Crippen LogP contribution < -0.4 is 11.1 Å². The first-order valence-electron chi connectivity index (χ1n) is 6.94. The van der Waals surface area contributed by atoms with Crippen LogP contribution in [0.25, 0.3) is 0 Å². The number of nitrogens with one attached hydrogen (secondary N) is 1. The number of hydrogen-bond acceptors (Lipinski definition) is 3. The normalized spacial score (nSPS) is 12.4. The Hall–Kier alpha value is -1.10. The Kier molecular flexibility index (Phi) is 8.55. The van der Waals surface area contributed by atoms with Gasteiger partial charge < -0.3 is 15.8 Å². The third-order valence-electron chi connectivity index (χ3n) is 3.44. The van der Waals surface area contributed by atoms with Gasteiger partial charge in [0.05, 0.1) is 0 Å². The van der Waals surface area contributed by atoms with Crippen molar-refractivity contribution in [2.75, 3.05) is 20.3 Å². The van der Waals surface area contributed by atoms with Crippen LogP contribution in [0.4, 0.5) is 0 Å². The van der Waals surface area contributed by atoms with E-state index in [0.29, 0.717) is 13.2 Å². The van der Waals surface area contributed by atoms with E-state index in [-0.39, 0.29) is 23.7 Å². The third kappa shape index (κ3) is 6.93. The van der Waals surface area contributed by atoms with E-state index in [1.807, 2.05) is 31.2 Å². The quantitative estimate of drug-likeness (QED) is 0.813. The van der Waals surface area contributed by atoms with Gasteiger partial charge in [-0.1, -0.05) is 43.7 Å². The van der Waals surface area contributed by atoms with Gasteiger partial charge in [0.1, 0.15) is 6.04 Å². The number of hydrogen-bond donors (Lipinski definition) is 2. The maximum absolute atomic E-state index is 12.1. The Bertz CT molecular complexity index is 432. The minimum absolute atomic E-state index is 0. The number of carbonyl (C=O) groups excluding carboxylic acids is 1. The van der Waals surface area contributed by atoms with Gasteiger partial charge in [-0.05, 0) is 24.3 Å². The number of halogens is 1. The first kappa shape index (κ1) is 19.9. The van der Waals surface area contributed by atoms with Crippen molar-refractivity contribution < 1.29 is 9.53 Å². The molecule has 0 aliphatic rings. The molecule has 1 unspecified atom stereocenters. The highest BCUT2D eigenvalue weighted by molar-refractivity contribution is 5.85. The van der Waals surface area contributed by atoms with E-state index in [1.165, 1.54) is 0 Å². The fraction of sp³-hybridized carbons (Fsp3) is 0.562. The van der Waals surface area contributed by atoms with E-state index in [4.69, 9.17) is 10.5 Å². The van der Waals surface area contributed by atoms with Crippen molar-refractivity contribution >= 4 is 18.3 Å². The van der Waals surface area contributed by atoms with Gasteiger partial charge in [0.15, 0.2) is 0 Å². The molecule has 1 amide bonds. The lowest BCUT2D eigenvalue weighted by molar-refractivity contribution is -0.123. The number of aryl methyl sites for hydroxylation is 1. The molecule has 0 radical (unpaired) electrons. The lowest BCUT2D eigenvalue weighted by atomic mass is 9.89. The summed E-state index contributed by atoms with van der Waals surface area (Å²) < 4.78 is 5.08. The van der Waals surface area contributed by atoms with E-state index in [0.717, 1.165) is 17.5 Å².